The van der Waals surface area contributed by atoms with Crippen LogP contribution < -0.4 is 10.0 Å². The molecule has 4 nitrogen and oxygen atoms in total. The zero-order valence-corrected chi connectivity index (χ0v) is 27.5. The summed E-state index contributed by atoms with van der Waals surface area (Å²) in [6.07, 6.45) is 34.6. The Balaban J connectivity index is 0.967. The van der Waals surface area contributed by atoms with Gasteiger partial charge in [-0.3, -0.25) is 15.1 Å². The van der Waals surface area contributed by atoms with E-state index in [9.17, 15) is 0 Å². The summed E-state index contributed by atoms with van der Waals surface area (Å²) in [5, 5.41) is 6.60. The number of hydrogen-bond acceptors (Lipinski definition) is 6. The van der Waals surface area contributed by atoms with Gasteiger partial charge in [0.2, 0.25) is 0 Å². The van der Waals surface area contributed by atoms with Crippen LogP contribution in [0.2, 0.25) is 0 Å². The Hall–Kier alpha value is 0.540. The van der Waals surface area contributed by atoms with E-state index in [0.29, 0.717) is 11.5 Å². The van der Waals surface area contributed by atoms with Gasteiger partial charge in [0.1, 0.15) is 0 Å². The van der Waals surface area contributed by atoms with Gasteiger partial charge in [-0.15, -0.1) is 0 Å². The molecule has 2 aliphatic heterocycles. The van der Waals surface area contributed by atoms with Crippen molar-refractivity contribution in [1.82, 2.24) is 19.8 Å². The second kappa shape index (κ2) is 13.1. The fraction of sp³-hybridized carbons (Fsp3) is 1.00. The quantitative estimate of drug-likeness (QED) is 0.300. The molecule has 8 fully saturated rings. The van der Waals surface area contributed by atoms with E-state index in [1.54, 1.807) is 0 Å². The van der Waals surface area contributed by atoms with Crippen LogP contribution in [0.15, 0.2) is 0 Å². The minimum Gasteiger partial charge on any atom is -0.294 e. The van der Waals surface area contributed by atoms with E-state index in [0.717, 1.165) is 58.6 Å². The van der Waals surface area contributed by atoms with Gasteiger partial charge in [0.15, 0.2) is 0 Å². The third-order valence-corrected chi connectivity index (χ3v) is 16.2. The number of nitrogens with one attached hydrogen (secondary N) is 2. The summed E-state index contributed by atoms with van der Waals surface area (Å²) in [6, 6.07) is 5.28. The highest BCUT2D eigenvalue weighted by Gasteiger charge is 2.57. The Bertz CT molecular complexity index is 837. The first-order chi connectivity index (χ1) is 20.3. The third kappa shape index (κ3) is 6.08. The molecule has 6 heteroatoms. The van der Waals surface area contributed by atoms with Crippen LogP contribution >= 0.6 is 23.7 Å². The Morgan fingerprint density at radius 2 is 1.17 bits per heavy atom. The summed E-state index contributed by atoms with van der Waals surface area (Å²) < 4.78 is 3.89. The summed E-state index contributed by atoms with van der Waals surface area (Å²) >= 11 is 4.59. The smallest absolute Gasteiger partial charge is 0.0735 e. The number of rotatable bonds is 6. The zero-order valence-electron chi connectivity index (χ0n) is 25.9. The van der Waals surface area contributed by atoms with Gasteiger partial charge in [0.25, 0.3) is 0 Å². The standard InChI is InChI=1S/C35H60N4S2/c1-4-12-24(13-5-1)34-36-35(41-37-34)28-23-31(28)39-29-18-10-11-19-32(29)40-33-22-27(20-21-30(33)39)38(25-14-6-2-7-15-25)26-16-8-3-9-17-26/h24-37H,1-23H2. The lowest BCUT2D eigenvalue weighted by Crippen LogP contribution is -2.63. The van der Waals surface area contributed by atoms with E-state index in [1.165, 1.54) is 148 Å². The summed E-state index contributed by atoms with van der Waals surface area (Å²) in [4.78, 5) is 6.47. The molecule has 6 saturated carbocycles. The molecule has 0 aromatic heterocycles. The van der Waals surface area contributed by atoms with E-state index in [1.807, 2.05) is 0 Å². The van der Waals surface area contributed by atoms with Gasteiger partial charge >= 0.3 is 0 Å². The fourth-order valence-corrected chi connectivity index (χ4v) is 14.5. The van der Waals surface area contributed by atoms with Crippen LogP contribution in [-0.4, -0.2) is 68.1 Å². The van der Waals surface area contributed by atoms with Crippen molar-refractivity contribution in [3.8, 4) is 0 Å². The molecule has 2 N–H and O–H groups in total. The molecular weight excluding hydrogens is 541 g/mol. The molecule has 2 saturated heterocycles. The van der Waals surface area contributed by atoms with Crippen molar-refractivity contribution < 1.29 is 0 Å². The topological polar surface area (TPSA) is 30.5 Å². The van der Waals surface area contributed by atoms with Crippen LogP contribution in [0.5, 0.6) is 0 Å². The molecule has 8 rings (SSSR count). The number of thioether (sulfide) groups is 1. The van der Waals surface area contributed by atoms with Crippen molar-refractivity contribution in [1.29, 1.82) is 0 Å². The van der Waals surface area contributed by atoms with E-state index in [-0.39, 0.29) is 0 Å². The summed E-state index contributed by atoms with van der Waals surface area (Å²) in [6.45, 7) is 0. The van der Waals surface area contributed by atoms with Crippen LogP contribution in [0.4, 0.5) is 0 Å². The minimum absolute atomic E-state index is 0.569. The van der Waals surface area contributed by atoms with Crippen LogP contribution in [0.3, 0.4) is 0 Å². The second-order valence-electron chi connectivity index (χ2n) is 15.7. The molecule has 0 aromatic carbocycles. The molecule has 0 aromatic rings. The first-order valence-corrected chi connectivity index (χ1v) is 20.5. The third-order valence-electron chi connectivity index (χ3n) is 13.3. The summed E-state index contributed by atoms with van der Waals surface area (Å²) in [7, 11) is 0. The molecule has 6 aliphatic carbocycles. The van der Waals surface area contributed by atoms with E-state index in [4.69, 9.17) is 0 Å². The molecule has 0 bridgehead atoms. The Morgan fingerprint density at radius 3 is 1.90 bits per heavy atom. The first kappa shape index (κ1) is 29.0. The largest absolute Gasteiger partial charge is 0.294 e. The molecule has 232 valence electrons. The van der Waals surface area contributed by atoms with Crippen LogP contribution in [0, 0.1) is 11.8 Å². The molecule has 0 spiro atoms. The lowest BCUT2D eigenvalue weighted by Gasteiger charge is -2.57. The lowest BCUT2D eigenvalue weighted by molar-refractivity contribution is -0.00430. The maximum absolute atomic E-state index is 4.14. The normalized spacial score (nSPS) is 45.4. The van der Waals surface area contributed by atoms with E-state index in [2.05, 4.69) is 43.5 Å². The highest BCUT2D eigenvalue weighted by atomic mass is 32.2. The maximum atomic E-state index is 4.14. The number of nitrogens with zero attached hydrogens (tertiary/aromatic N) is 2. The molecule has 9 unspecified atom stereocenters. The predicted molar refractivity (Wildman–Crippen MR) is 176 cm³/mol. The monoisotopic (exact) mass is 600 g/mol. The average molecular weight is 601 g/mol. The van der Waals surface area contributed by atoms with Gasteiger partial charge < -0.3 is 0 Å². The van der Waals surface area contributed by atoms with Gasteiger partial charge in [-0.1, -0.05) is 82.6 Å². The van der Waals surface area contributed by atoms with Gasteiger partial charge in [-0.2, -0.15) is 11.8 Å². The van der Waals surface area contributed by atoms with Crippen molar-refractivity contribution in [2.45, 2.75) is 206 Å². The molecule has 9 atom stereocenters. The van der Waals surface area contributed by atoms with Gasteiger partial charge in [0.05, 0.1) is 11.5 Å². The highest BCUT2D eigenvalue weighted by Crippen LogP contribution is 2.54. The zero-order chi connectivity index (χ0) is 27.2. The van der Waals surface area contributed by atoms with Crippen molar-refractivity contribution in [2.24, 2.45) is 11.8 Å². The molecule has 8 aliphatic rings. The molecule has 2 heterocycles. The van der Waals surface area contributed by atoms with Crippen molar-refractivity contribution in [3.05, 3.63) is 0 Å². The predicted octanol–water partition coefficient (Wildman–Crippen LogP) is 8.07. The SMILES string of the molecule is C1CCC(C2NSC(C3CC3N3C4CCCCC4SC4CC(N(C5CCCCC5)C5CCCCC5)CCC43)N2)CC1. The van der Waals surface area contributed by atoms with Crippen molar-refractivity contribution >= 4 is 23.7 Å². The summed E-state index contributed by atoms with van der Waals surface area (Å²) in [5.41, 5.74) is 0. The Morgan fingerprint density at radius 1 is 0.537 bits per heavy atom. The van der Waals surface area contributed by atoms with Crippen LogP contribution in [0.25, 0.3) is 0 Å². The first-order valence-electron chi connectivity index (χ1n) is 18.7. The second-order valence-corrected chi connectivity index (χ2v) is 18.2. The number of hydrogen-bond donors (Lipinski definition) is 2. The Labute approximate surface area is 260 Å². The van der Waals surface area contributed by atoms with Gasteiger partial charge in [-0.05, 0) is 83.0 Å². The lowest BCUT2D eigenvalue weighted by atomic mass is 9.81. The maximum Gasteiger partial charge on any atom is 0.0735 e. The van der Waals surface area contributed by atoms with E-state index < -0.39 is 0 Å². The minimum atomic E-state index is 0.569. The van der Waals surface area contributed by atoms with Crippen molar-refractivity contribution in [3.63, 3.8) is 0 Å². The molecule has 41 heavy (non-hydrogen) atoms. The number of fused-ring (bicyclic) bond motifs is 2. The van der Waals surface area contributed by atoms with Gasteiger partial charge in [-0.25, -0.2) is 4.72 Å². The van der Waals surface area contributed by atoms with Crippen LogP contribution in [-0.2, 0) is 0 Å². The fourth-order valence-electron chi connectivity index (χ4n) is 11.2. The van der Waals surface area contributed by atoms with Gasteiger partial charge in [0, 0.05) is 52.7 Å². The van der Waals surface area contributed by atoms with Crippen molar-refractivity contribution in [2.75, 3.05) is 0 Å². The highest BCUT2D eigenvalue weighted by molar-refractivity contribution is 8.00. The molecule has 0 radical (unpaired) electrons. The molecule has 0 amide bonds. The molecular formula is C35H60N4S2. The average Bonchev–Trinajstić information content (AvgIpc) is 3.67. The van der Waals surface area contributed by atoms with E-state index >= 15 is 0 Å². The van der Waals surface area contributed by atoms with Crippen LogP contribution in [0.1, 0.15) is 148 Å². The Kier molecular flexibility index (Phi) is 9.26. The summed E-state index contributed by atoms with van der Waals surface area (Å²) in [5.74, 6) is 1.73.